The Labute approximate surface area is 388 Å². The Morgan fingerprint density at radius 3 is 1.91 bits per heavy atom. The lowest BCUT2D eigenvalue weighted by Crippen LogP contribution is -2.16. The van der Waals surface area contributed by atoms with Gasteiger partial charge in [0.1, 0.15) is 22.3 Å². The van der Waals surface area contributed by atoms with Crippen LogP contribution in [0.25, 0.3) is 88.0 Å². The lowest BCUT2D eigenvalue weighted by atomic mass is 9.82. The van der Waals surface area contributed by atoms with Gasteiger partial charge in [-0.2, -0.15) is 0 Å². The van der Waals surface area contributed by atoms with Crippen molar-refractivity contribution < 1.29 is 59.6 Å². The Balaban J connectivity index is 1.36. The van der Waals surface area contributed by atoms with Crippen LogP contribution in [0.1, 0.15) is 75.5 Å². The molecular weight excluding hydrogens is 707 g/mol. The molecule has 3 nitrogen and oxygen atoms in total. The van der Waals surface area contributed by atoms with Crippen LogP contribution in [0, 0.1) is 0 Å². The molecule has 0 fully saturated rings. The van der Waals surface area contributed by atoms with Crippen molar-refractivity contribution in [2.75, 3.05) is 4.90 Å². The van der Waals surface area contributed by atoms with Crippen LogP contribution in [-0.4, -0.2) is 0 Å². The van der Waals surface area contributed by atoms with Gasteiger partial charge >= 0.3 is 0 Å². The highest BCUT2D eigenvalue weighted by Crippen LogP contribution is 2.52. The standard InChI is InChI=1S/C55H37NO2/c1-55(2)48-21-10-8-15-40(48)41-29-28-38(32-49(41)55)56(37-26-23-35(24-27-37)39-19-12-20-45-43-17-9-11-22-51(43)57-53(39)45)50-33-47-46-31-36(34-13-4-3-5-14-34)25-30-52(46)58-54(47)44-18-7-6-16-42(44)50/h3-33H,1-2H3/i1D3,2D3,3D,4D,5D,6D,7D,8D,9D,10D,11D,12D,13D,14D,15D,16D,17D,18D,19D,20D,21D,22D,23D,24D,25D,26D,27D,28D,29D,30D,31D,32D,33D. The molecule has 0 amide bonds. The minimum absolute atomic E-state index is 0.213. The van der Waals surface area contributed by atoms with Crippen LogP contribution in [0.2, 0.25) is 0 Å². The first-order valence-corrected chi connectivity index (χ1v) is 17.0. The lowest BCUT2D eigenvalue weighted by molar-refractivity contribution is 0.660. The van der Waals surface area contributed by atoms with E-state index in [0.29, 0.717) is 0 Å². The first-order valence-electron chi connectivity index (χ1n) is 35.5. The van der Waals surface area contributed by atoms with E-state index in [0.717, 1.165) is 0 Å². The van der Waals surface area contributed by atoms with Gasteiger partial charge in [-0.05, 0) is 87.3 Å². The zero-order valence-corrected chi connectivity index (χ0v) is 28.8. The maximum absolute atomic E-state index is 10.5. The molecular formula is C55H37NO2. The number of para-hydroxylation sites is 2. The van der Waals surface area contributed by atoms with Gasteiger partial charge in [-0.3, -0.25) is 0 Å². The molecule has 0 saturated carbocycles. The average Bonchev–Trinajstić information content (AvgIpc) is 1.52. The number of hydrogen-bond donors (Lipinski definition) is 0. The summed E-state index contributed by atoms with van der Waals surface area (Å²) in [7, 11) is 0. The van der Waals surface area contributed by atoms with Crippen LogP contribution in [0.5, 0.6) is 0 Å². The van der Waals surface area contributed by atoms with E-state index < -0.39 is 323 Å². The molecule has 0 saturated heterocycles. The third-order valence-electron chi connectivity index (χ3n) is 9.56. The topological polar surface area (TPSA) is 29.5 Å². The zero-order chi connectivity index (χ0) is 70.5. The third-order valence-corrected chi connectivity index (χ3v) is 9.56. The maximum Gasteiger partial charge on any atom is 0.143 e. The Bertz CT molecular complexity index is 5410. The van der Waals surface area contributed by atoms with E-state index in [1.165, 1.54) is 0 Å². The van der Waals surface area contributed by atoms with Crippen molar-refractivity contribution in [1.82, 2.24) is 0 Å². The van der Waals surface area contributed by atoms with Crippen LogP contribution in [0.4, 0.5) is 17.1 Å². The van der Waals surface area contributed by atoms with Crippen molar-refractivity contribution in [3.63, 3.8) is 0 Å². The molecule has 1 aliphatic rings. The SMILES string of the molecule is [2H]c1c([2H])c([2H])c(-c2c([2H])c([2H])c3oc4c5c([2H])c([2H])c([2H])c([2H])c5c(N(c5c([2H])c([2H])c(-c6c([2H])c([2H])c([2H])c7c6oc6c([2H])c([2H])c([2H])c([2H])c67)c([2H])c5[2H])c5c([2H])c([2H])c6c(c5[2H])C(C([2H])([2H])[2H])(C([2H])([2H])[2H])c5c([2H])c([2H])c([2H])c([2H])c5-6)c([2H])c4c3c2[2H])c([2H])c1[2H]. The van der Waals surface area contributed by atoms with Gasteiger partial charge in [0.25, 0.3) is 0 Å². The normalized spacial score (nSPS) is 22.6. The highest BCUT2D eigenvalue weighted by Gasteiger charge is 2.36. The van der Waals surface area contributed by atoms with Crippen LogP contribution in [0.15, 0.2) is 196 Å². The maximum atomic E-state index is 10.5. The molecule has 3 heteroatoms. The molecule has 11 aromatic rings. The Morgan fingerprint density at radius 2 is 1.05 bits per heavy atom. The number of rotatable bonds is 5. The Morgan fingerprint density at radius 1 is 0.414 bits per heavy atom. The molecule has 9 aromatic carbocycles. The molecule has 0 radical (unpaired) electrons. The summed E-state index contributed by atoms with van der Waals surface area (Å²) in [5, 5.41) is -4.77. The quantitative estimate of drug-likeness (QED) is 0.174. The highest BCUT2D eigenvalue weighted by atomic mass is 16.3. The van der Waals surface area contributed by atoms with Crippen LogP contribution < -0.4 is 4.90 Å². The second-order valence-corrected chi connectivity index (χ2v) is 12.8. The average molecular weight is 781 g/mol. The van der Waals surface area contributed by atoms with Gasteiger partial charge in [-0.15, -0.1) is 0 Å². The van der Waals surface area contributed by atoms with Gasteiger partial charge in [0.2, 0.25) is 0 Å². The molecule has 2 aromatic heterocycles. The molecule has 0 aliphatic heterocycles. The lowest BCUT2D eigenvalue weighted by Gasteiger charge is -2.29. The monoisotopic (exact) mass is 781 g/mol. The summed E-state index contributed by atoms with van der Waals surface area (Å²) in [4.78, 5) is 0.213. The Hall–Kier alpha value is -7.36. The van der Waals surface area contributed by atoms with E-state index in [-0.39, 0.29) is 4.90 Å². The van der Waals surface area contributed by atoms with Gasteiger partial charge in [-0.1, -0.05) is 153 Å². The van der Waals surface area contributed by atoms with Crippen LogP contribution >= 0.6 is 0 Å². The summed E-state index contributed by atoms with van der Waals surface area (Å²) < 4.78 is 352. The van der Waals surface area contributed by atoms with Gasteiger partial charge in [-0.25, -0.2) is 0 Å². The number of anilines is 3. The van der Waals surface area contributed by atoms with Crippen molar-refractivity contribution in [3.05, 3.63) is 198 Å². The molecule has 0 N–H and O–H groups in total. The van der Waals surface area contributed by atoms with Gasteiger partial charge in [0, 0.05) is 62.9 Å². The van der Waals surface area contributed by atoms with Crippen molar-refractivity contribution in [1.29, 1.82) is 0 Å². The molecule has 1 aliphatic carbocycles. The van der Waals surface area contributed by atoms with Crippen LogP contribution in [-0.2, 0) is 5.41 Å². The fourth-order valence-electron chi connectivity index (χ4n) is 6.98. The second-order valence-electron chi connectivity index (χ2n) is 12.8. The number of furan rings is 2. The number of nitrogens with zero attached hydrogens (tertiary/aromatic N) is 1. The first kappa shape index (κ1) is 12.8. The summed E-state index contributed by atoms with van der Waals surface area (Å²) in [5.41, 5.74) is -19.5. The van der Waals surface area contributed by atoms with Crippen molar-refractivity contribution >= 4 is 71.7 Å². The molecule has 274 valence electrons. The summed E-state index contributed by atoms with van der Waals surface area (Å²) in [5.74, 6) is 0. The minimum atomic E-state index is -4.11. The molecule has 2 heterocycles. The second kappa shape index (κ2) is 12.3. The third kappa shape index (κ3) is 4.80. The molecule has 0 spiro atoms. The van der Waals surface area contributed by atoms with E-state index in [2.05, 4.69) is 0 Å². The van der Waals surface area contributed by atoms with Gasteiger partial charge in [0.05, 0.1) is 48.2 Å². The molecule has 0 atom stereocenters. The summed E-state index contributed by atoms with van der Waals surface area (Å²) in [6, 6.07) is -35.3. The van der Waals surface area contributed by atoms with E-state index in [4.69, 9.17) is 41.7 Å². The van der Waals surface area contributed by atoms with E-state index in [9.17, 15) is 17.8 Å². The van der Waals surface area contributed by atoms with Crippen molar-refractivity contribution in [3.8, 4) is 33.4 Å². The van der Waals surface area contributed by atoms with Crippen molar-refractivity contribution in [2.24, 2.45) is 0 Å². The molecule has 12 rings (SSSR count). The van der Waals surface area contributed by atoms with Crippen LogP contribution in [0.3, 0.4) is 0 Å². The van der Waals surface area contributed by atoms with Crippen molar-refractivity contribution in [2.45, 2.75) is 19.1 Å². The van der Waals surface area contributed by atoms with E-state index in [1.54, 1.807) is 0 Å². The minimum Gasteiger partial charge on any atom is -0.455 e. The fraction of sp³-hybridized carbons (Fsp3) is 0.0545. The fourth-order valence-corrected chi connectivity index (χ4v) is 6.98. The summed E-state index contributed by atoms with van der Waals surface area (Å²) in [6.07, 6.45) is 0. The Kier molecular flexibility index (Phi) is 2.72. The van der Waals surface area contributed by atoms with E-state index in [1.807, 2.05) is 0 Å². The number of fused-ring (bicyclic) bond motifs is 11. The number of hydrogen-bond acceptors (Lipinski definition) is 3. The zero-order valence-electron chi connectivity index (χ0n) is 65.8. The first-order chi connectivity index (χ1) is 43.9. The molecule has 0 unspecified atom stereocenters. The largest absolute Gasteiger partial charge is 0.455 e. The predicted molar refractivity (Wildman–Crippen MR) is 242 cm³/mol. The highest BCUT2D eigenvalue weighted by molar-refractivity contribution is 6.20. The van der Waals surface area contributed by atoms with Gasteiger partial charge in [0.15, 0.2) is 0 Å². The number of benzene rings is 9. The molecule has 0 bridgehead atoms. The van der Waals surface area contributed by atoms with E-state index >= 15 is 0 Å². The summed E-state index contributed by atoms with van der Waals surface area (Å²) in [6.45, 7) is -8.23. The smallest absolute Gasteiger partial charge is 0.143 e. The van der Waals surface area contributed by atoms with Gasteiger partial charge < -0.3 is 13.7 Å². The summed E-state index contributed by atoms with van der Waals surface area (Å²) >= 11 is 0. The predicted octanol–water partition coefficient (Wildman–Crippen LogP) is 15.7. The molecule has 58 heavy (non-hydrogen) atoms.